The molecule has 1 aromatic carbocycles. The molecule has 0 spiro atoms. The summed E-state index contributed by atoms with van der Waals surface area (Å²) in [7, 11) is 1.68. The lowest BCUT2D eigenvalue weighted by Crippen LogP contribution is -2.30. The van der Waals surface area contributed by atoms with Crippen molar-refractivity contribution in [1.29, 1.82) is 0 Å². The normalized spacial score (nSPS) is 18.4. The maximum atomic E-state index is 6.34. The second kappa shape index (κ2) is 8.89. The van der Waals surface area contributed by atoms with E-state index in [4.69, 9.17) is 28.6 Å². The van der Waals surface area contributed by atoms with Gasteiger partial charge < -0.3 is 19.5 Å². The van der Waals surface area contributed by atoms with E-state index in [1.807, 2.05) is 36.5 Å². The summed E-state index contributed by atoms with van der Waals surface area (Å²) < 4.78 is 7.84. The third-order valence-electron chi connectivity index (χ3n) is 5.83. The number of thiocarbonyl (C=S) groups is 1. The Kier molecular flexibility index (Phi) is 6.21. The molecular weight excluding hydrogens is 428 g/mol. The number of aryl methyl sites for hydroxylation is 1. The van der Waals surface area contributed by atoms with Gasteiger partial charge in [-0.3, -0.25) is 4.98 Å². The van der Waals surface area contributed by atoms with Crippen LogP contribution in [0.1, 0.15) is 48.1 Å². The van der Waals surface area contributed by atoms with Crippen LogP contribution in [0.5, 0.6) is 5.75 Å². The number of benzene rings is 1. The number of ether oxygens (including phenoxy) is 1. The first-order valence-corrected chi connectivity index (χ1v) is 11.3. The monoisotopic (exact) mass is 454 g/mol. The smallest absolute Gasteiger partial charge is 0.170 e. The first-order valence-electron chi connectivity index (χ1n) is 10.5. The summed E-state index contributed by atoms with van der Waals surface area (Å²) in [4.78, 5) is 6.92. The molecule has 1 aliphatic heterocycles. The third kappa shape index (κ3) is 3.90. The van der Waals surface area contributed by atoms with Crippen molar-refractivity contribution in [3.05, 3.63) is 76.3 Å². The Morgan fingerprint density at radius 3 is 2.68 bits per heavy atom. The van der Waals surface area contributed by atoms with E-state index in [0.717, 1.165) is 46.6 Å². The van der Waals surface area contributed by atoms with E-state index >= 15 is 0 Å². The molecule has 0 unspecified atom stereocenters. The number of halogens is 1. The highest BCUT2D eigenvalue weighted by Crippen LogP contribution is 2.42. The van der Waals surface area contributed by atoms with Crippen LogP contribution in [0.2, 0.25) is 5.02 Å². The summed E-state index contributed by atoms with van der Waals surface area (Å²) in [5, 5.41) is 4.97. The van der Waals surface area contributed by atoms with E-state index < -0.39 is 0 Å². The van der Waals surface area contributed by atoms with Crippen molar-refractivity contribution in [2.45, 2.75) is 39.3 Å². The molecule has 0 aliphatic carbocycles. The molecule has 1 fully saturated rings. The average Bonchev–Trinajstić information content (AvgIpc) is 3.24. The van der Waals surface area contributed by atoms with Gasteiger partial charge in [0.1, 0.15) is 5.75 Å². The molecule has 31 heavy (non-hydrogen) atoms. The van der Waals surface area contributed by atoms with Crippen molar-refractivity contribution in [2.24, 2.45) is 0 Å². The molecule has 162 valence electrons. The van der Waals surface area contributed by atoms with Gasteiger partial charge in [-0.15, -0.1) is 0 Å². The molecule has 1 aliphatic rings. The molecule has 0 amide bonds. The lowest BCUT2D eigenvalue weighted by molar-refractivity contribution is 0.316. The number of hydrogen-bond donors (Lipinski definition) is 1. The van der Waals surface area contributed by atoms with E-state index in [9.17, 15) is 0 Å². The quantitative estimate of drug-likeness (QED) is 0.496. The highest BCUT2D eigenvalue weighted by molar-refractivity contribution is 7.80. The van der Waals surface area contributed by atoms with Crippen LogP contribution in [-0.2, 0) is 0 Å². The third-order valence-corrected chi connectivity index (χ3v) is 6.42. The summed E-state index contributed by atoms with van der Waals surface area (Å²) in [6.45, 7) is 7.30. The fourth-order valence-electron chi connectivity index (χ4n) is 4.52. The highest BCUT2D eigenvalue weighted by atomic mass is 35.5. The first-order chi connectivity index (χ1) is 15.0. The van der Waals surface area contributed by atoms with Gasteiger partial charge in [-0.05, 0) is 74.4 Å². The summed E-state index contributed by atoms with van der Waals surface area (Å²) >= 11 is 12.1. The molecule has 4 rings (SSSR count). The van der Waals surface area contributed by atoms with E-state index in [0.29, 0.717) is 5.02 Å². The number of pyridine rings is 1. The Morgan fingerprint density at radius 1 is 1.19 bits per heavy atom. The van der Waals surface area contributed by atoms with Gasteiger partial charge in [-0.2, -0.15) is 0 Å². The zero-order chi connectivity index (χ0) is 22.1. The van der Waals surface area contributed by atoms with Crippen molar-refractivity contribution in [1.82, 2.24) is 19.8 Å². The minimum absolute atomic E-state index is 0.0181. The molecule has 3 aromatic rings. The van der Waals surface area contributed by atoms with E-state index in [2.05, 4.69) is 52.7 Å². The molecule has 1 saturated heterocycles. The lowest BCUT2D eigenvalue weighted by Gasteiger charge is -2.28. The Morgan fingerprint density at radius 2 is 2.00 bits per heavy atom. The zero-order valence-corrected chi connectivity index (χ0v) is 19.8. The largest absolute Gasteiger partial charge is 0.495 e. The summed E-state index contributed by atoms with van der Waals surface area (Å²) in [6, 6.07) is 14.0. The molecule has 2 aromatic heterocycles. The van der Waals surface area contributed by atoms with E-state index in [1.54, 1.807) is 7.11 Å². The standard InChI is InChI=1S/C24H27ClN4OS/c1-5-12-28-23(22(27-24(28)31)19-8-6-7-11-26-19)18-13-15(2)29(16(18)3)20-14-17(25)9-10-21(20)30-4/h6-11,13-14,22-23H,5,12H2,1-4H3,(H,27,31)/t22-,23+/m0/s1. The number of rotatable bonds is 6. The molecule has 0 bridgehead atoms. The number of hydrogen-bond acceptors (Lipinski definition) is 3. The van der Waals surface area contributed by atoms with Crippen LogP contribution in [0.25, 0.3) is 5.69 Å². The van der Waals surface area contributed by atoms with Gasteiger partial charge in [0.25, 0.3) is 0 Å². The van der Waals surface area contributed by atoms with Gasteiger partial charge >= 0.3 is 0 Å². The lowest BCUT2D eigenvalue weighted by atomic mass is 9.96. The molecule has 5 nitrogen and oxygen atoms in total. The Labute approximate surface area is 194 Å². The second-order valence-corrected chi connectivity index (χ2v) is 8.62. The van der Waals surface area contributed by atoms with Crippen molar-refractivity contribution in [2.75, 3.05) is 13.7 Å². The minimum Gasteiger partial charge on any atom is -0.495 e. The second-order valence-electron chi connectivity index (χ2n) is 7.80. The van der Waals surface area contributed by atoms with E-state index in [-0.39, 0.29) is 12.1 Å². The van der Waals surface area contributed by atoms with Crippen molar-refractivity contribution < 1.29 is 4.74 Å². The van der Waals surface area contributed by atoms with Gasteiger partial charge in [-0.1, -0.05) is 24.6 Å². The zero-order valence-electron chi connectivity index (χ0n) is 18.2. The summed E-state index contributed by atoms with van der Waals surface area (Å²) in [6.07, 6.45) is 2.84. The highest BCUT2D eigenvalue weighted by Gasteiger charge is 2.41. The van der Waals surface area contributed by atoms with Crippen LogP contribution in [0, 0.1) is 13.8 Å². The van der Waals surface area contributed by atoms with Crippen LogP contribution in [-0.4, -0.2) is 33.2 Å². The maximum Gasteiger partial charge on any atom is 0.170 e. The van der Waals surface area contributed by atoms with Crippen LogP contribution < -0.4 is 10.1 Å². The van der Waals surface area contributed by atoms with Crippen molar-refractivity contribution >= 4 is 28.9 Å². The average molecular weight is 455 g/mol. The number of methoxy groups -OCH3 is 1. The van der Waals surface area contributed by atoms with Crippen LogP contribution in [0.3, 0.4) is 0 Å². The van der Waals surface area contributed by atoms with E-state index in [1.165, 1.54) is 5.56 Å². The van der Waals surface area contributed by atoms with Crippen molar-refractivity contribution in [3.8, 4) is 11.4 Å². The summed E-state index contributed by atoms with van der Waals surface area (Å²) in [5.74, 6) is 0.782. The van der Waals surface area contributed by atoms with Crippen LogP contribution in [0.4, 0.5) is 0 Å². The number of nitrogens with zero attached hydrogens (tertiary/aromatic N) is 3. The SMILES string of the molecule is CCCN1C(=S)N[C@@H](c2ccccn2)[C@H]1c1cc(C)n(-c2cc(Cl)ccc2OC)c1C. The van der Waals surface area contributed by atoms with Gasteiger partial charge in [-0.25, -0.2) is 0 Å². The molecule has 0 saturated carbocycles. The van der Waals surface area contributed by atoms with Gasteiger partial charge in [0.2, 0.25) is 0 Å². The Bertz CT molecular complexity index is 1100. The number of aromatic nitrogens is 2. The van der Waals surface area contributed by atoms with Crippen molar-refractivity contribution in [3.63, 3.8) is 0 Å². The van der Waals surface area contributed by atoms with Gasteiger partial charge in [0.15, 0.2) is 5.11 Å². The Balaban J connectivity index is 1.87. The van der Waals surface area contributed by atoms with Gasteiger partial charge in [0.05, 0.1) is 30.6 Å². The molecule has 0 radical (unpaired) electrons. The molecular formula is C24H27ClN4OS. The van der Waals surface area contributed by atoms with Crippen LogP contribution in [0.15, 0.2) is 48.7 Å². The summed E-state index contributed by atoms with van der Waals surface area (Å²) in [5.41, 5.74) is 5.38. The minimum atomic E-state index is -0.0181. The van der Waals surface area contributed by atoms with Crippen LogP contribution >= 0.6 is 23.8 Å². The topological polar surface area (TPSA) is 42.3 Å². The fraction of sp³-hybridized carbons (Fsp3) is 0.333. The Hall–Kier alpha value is -2.57. The maximum absolute atomic E-state index is 6.34. The molecule has 1 N–H and O–H groups in total. The molecule has 2 atom stereocenters. The number of nitrogens with one attached hydrogen (secondary N) is 1. The molecule has 7 heteroatoms. The fourth-order valence-corrected chi connectivity index (χ4v) is 5.02. The molecule has 3 heterocycles. The predicted octanol–water partition coefficient (Wildman–Crippen LogP) is 5.53. The van der Waals surface area contributed by atoms with Gasteiger partial charge in [0, 0.05) is 29.2 Å². The predicted molar refractivity (Wildman–Crippen MR) is 129 cm³/mol. The first kappa shape index (κ1) is 21.7.